The average Bonchev–Trinajstić information content (AvgIpc) is 2.44. The predicted octanol–water partition coefficient (Wildman–Crippen LogP) is 3.70. The molecule has 1 aromatic carbocycles. The van der Waals surface area contributed by atoms with Crippen LogP contribution in [0.1, 0.15) is 25.8 Å². The van der Waals surface area contributed by atoms with Crippen LogP contribution < -0.4 is 0 Å². The second-order valence-corrected chi connectivity index (χ2v) is 5.06. The first kappa shape index (κ1) is 17.0. The van der Waals surface area contributed by atoms with Crippen LogP contribution in [0.3, 0.4) is 0 Å². The van der Waals surface area contributed by atoms with Gasteiger partial charge in [0.2, 0.25) is 5.76 Å². The van der Waals surface area contributed by atoms with Gasteiger partial charge in [-0.25, -0.2) is 4.79 Å². The fourth-order valence-corrected chi connectivity index (χ4v) is 1.96. The zero-order chi connectivity index (χ0) is 16.0. The number of ketones is 1. The smallest absolute Gasteiger partial charge is 0.370 e. The number of hydrogen-bond donors (Lipinski definition) is 2. The summed E-state index contributed by atoms with van der Waals surface area (Å²) in [6.45, 7) is 3.19. The molecule has 0 saturated carbocycles. The summed E-state index contributed by atoms with van der Waals surface area (Å²) in [4.78, 5) is 22.6. The Morgan fingerprint density at radius 2 is 1.81 bits per heavy atom. The van der Waals surface area contributed by atoms with Crippen LogP contribution in [-0.2, 0) is 16.0 Å². The molecule has 0 fully saturated rings. The van der Waals surface area contributed by atoms with Crippen LogP contribution in [-0.4, -0.2) is 22.0 Å². The van der Waals surface area contributed by atoms with E-state index in [-0.39, 0.29) is 12.2 Å². The molecule has 1 aromatic rings. The van der Waals surface area contributed by atoms with Crippen molar-refractivity contribution in [3.05, 3.63) is 57.8 Å². The molecule has 0 amide bonds. The topological polar surface area (TPSA) is 74.6 Å². The van der Waals surface area contributed by atoms with Crippen molar-refractivity contribution in [2.45, 2.75) is 26.7 Å². The summed E-state index contributed by atoms with van der Waals surface area (Å²) in [7, 11) is 0. The first-order chi connectivity index (χ1) is 9.82. The largest absolute Gasteiger partial charge is 0.502 e. The second-order valence-electron chi connectivity index (χ2n) is 4.66. The summed E-state index contributed by atoms with van der Waals surface area (Å²) in [6.07, 6.45) is 1.86. The fraction of sp³-hybridized carbons (Fsp3) is 0.250. The number of rotatable bonds is 6. The number of aliphatic hydroxyl groups excluding tert-OH is 1. The van der Waals surface area contributed by atoms with Gasteiger partial charge in [0, 0.05) is 11.4 Å². The monoisotopic (exact) mass is 308 g/mol. The molecule has 0 heterocycles. The zero-order valence-electron chi connectivity index (χ0n) is 11.9. The molecule has 0 aliphatic heterocycles. The maximum atomic E-state index is 12.1. The van der Waals surface area contributed by atoms with E-state index in [0.29, 0.717) is 22.6 Å². The minimum Gasteiger partial charge on any atom is -0.502 e. The van der Waals surface area contributed by atoms with Gasteiger partial charge in [-0.3, -0.25) is 4.79 Å². The minimum absolute atomic E-state index is 0.109. The summed E-state index contributed by atoms with van der Waals surface area (Å²) in [6, 6.07) is 7.30. The van der Waals surface area contributed by atoms with Crippen molar-refractivity contribution in [2.24, 2.45) is 0 Å². The van der Waals surface area contributed by atoms with Gasteiger partial charge in [0.15, 0.2) is 5.78 Å². The van der Waals surface area contributed by atoms with Crippen molar-refractivity contribution in [2.75, 3.05) is 0 Å². The third kappa shape index (κ3) is 5.08. The molecule has 4 nitrogen and oxygen atoms in total. The van der Waals surface area contributed by atoms with Gasteiger partial charge in [-0.15, -0.1) is 0 Å². The standard InChI is InChI=1S/C16H17ClO4/c1-10(9-15(19)16(20)21)11(2)14(18)8-7-12-5-3-4-6-13(12)17/h3-6,9,19H,7-8H2,1-2H3,(H,20,21)/b11-10-,15-9-. The lowest BCUT2D eigenvalue weighted by Crippen LogP contribution is -2.05. The van der Waals surface area contributed by atoms with Crippen LogP contribution in [0.2, 0.25) is 5.02 Å². The Morgan fingerprint density at radius 3 is 2.38 bits per heavy atom. The highest BCUT2D eigenvalue weighted by atomic mass is 35.5. The van der Waals surface area contributed by atoms with Gasteiger partial charge in [0.25, 0.3) is 0 Å². The Kier molecular flexibility index (Phi) is 6.18. The fourth-order valence-electron chi connectivity index (χ4n) is 1.73. The molecule has 112 valence electrons. The van der Waals surface area contributed by atoms with E-state index in [0.717, 1.165) is 11.6 Å². The first-order valence-electron chi connectivity index (χ1n) is 6.41. The number of allylic oxidation sites excluding steroid dienone is 3. The number of carboxylic acids is 1. The number of carbonyl (C=O) groups is 2. The molecule has 1 rings (SSSR count). The summed E-state index contributed by atoms with van der Waals surface area (Å²) < 4.78 is 0. The third-order valence-corrected chi connectivity index (χ3v) is 3.53. The van der Waals surface area contributed by atoms with Gasteiger partial charge in [-0.05, 0) is 49.1 Å². The summed E-state index contributed by atoms with van der Waals surface area (Å²) in [5.74, 6) is -2.32. The van der Waals surface area contributed by atoms with Gasteiger partial charge < -0.3 is 10.2 Å². The summed E-state index contributed by atoms with van der Waals surface area (Å²) in [5, 5.41) is 18.4. The number of aryl methyl sites for hydroxylation is 1. The summed E-state index contributed by atoms with van der Waals surface area (Å²) >= 11 is 6.02. The SMILES string of the molecule is CC(/C=C(\O)C(=O)O)=C(\C)C(=O)CCc1ccccc1Cl. The Hall–Kier alpha value is -2.07. The van der Waals surface area contributed by atoms with Gasteiger partial charge >= 0.3 is 5.97 Å². The lowest BCUT2D eigenvalue weighted by atomic mass is 10.00. The van der Waals surface area contributed by atoms with Crippen LogP contribution in [0.5, 0.6) is 0 Å². The van der Waals surface area contributed by atoms with Crippen molar-refractivity contribution in [3.8, 4) is 0 Å². The third-order valence-electron chi connectivity index (χ3n) is 3.16. The Morgan fingerprint density at radius 1 is 1.19 bits per heavy atom. The zero-order valence-corrected chi connectivity index (χ0v) is 12.6. The molecule has 0 atom stereocenters. The second kappa shape index (κ2) is 7.64. The van der Waals surface area contributed by atoms with Crippen molar-refractivity contribution in [3.63, 3.8) is 0 Å². The Labute approximate surface area is 128 Å². The molecule has 0 bridgehead atoms. The lowest BCUT2D eigenvalue weighted by Gasteiger charge is -2.06. The highest BCUT2D eigenvalue weighted by Crippen LogP contribution is 2.18. The Balaban J connectivity index is 2.77. The highest BCUT2D eigenvalue weighted by molar-refractivity contribution is 6.31. The van der Waals surface area contributed by atoms with Gasteiger partial charge in [-0.1, -0.05) is 29.8 Å². The minimum atomic E-state index is -1.43. The van der Waals surface area contributed by atoms with E-state index in [9.17, 15) is 14.7 Å². The molecule has 21 heavy (non-hydrogen) atoms. The van der Waals surface area contributed by atoms with Crippen molar-refractivity contribution in [1.82, 2.24) is 0 Å². The van der Waals surface area contributed by atoms with E-state index in [2.05, 4.69) is 0 Å². The summed E-state index contributed by atoms with van der Waals surface area (Å²) in [5.41, 5.74) is 1.75. The quantitative estimate of drug-likeness (QED) is 0.477. The van der Waals surface area contributed by atoms with Crippen molar-refractivity contribution in [1.29, 1.82) is 0 Å². The number of halogens is 1. The molecule has 0 spiro atoms. The molecule has 0 radical (unpaired) electrons. The average molecular weight is 309 g/mol. The van der Waals surface area contributed by atoms with Crippen LogP contribution in [0.15, 0.2) is 47.2 Å². The molecule has 0 aromatic heterocycles. The molecule has 2 N–H and O–H groups in total. The van der Waals surface area contributed by atoms with Crippen LogP contribution in [0, 0.1) is 0 Å². The normalized spacial score (nSPS) is 12.8. The van der Waals surface area contributed by atoms with Gasteiger partial charge in [0.1, 0.15) is 0 Å². The van der Waals surface area contributed by atoms with Crippen LogP contribution in [0.4, 0.5) is 0 Å². The van der Waals surface area contributed by atoms with E-state index in [1.807, 2.05) is 18.2 Å². The maximum Gasteiger partial charge on any atom is 0.370 e. The predicted molar refractivity (Wildman–Crippen MR) is 81.5 cm³/mol. The van der Waals surface area contributed by atoms with Crippen LogP contribution in [0.25, 0.3) is 0 Å². The van der Waals surface area contributed by atoms with Crippen LogP contribution >= 0.6 is 11.6 Å². The van der Waals surface area contributed by atoms with E-state index < -0.39 is 11.7 Å². The highest BCUT2D eigenvalue weighted by Gasteiger charge is 2.11. The van der Waals surface area contributed by atoms with E-state index in [1.165, 1.54) is 0 Å². The van der Waals surface area contributed by atoms with Crippen molar-refractivity contribution >= 4 is 23.4 Å². The maximum absolute atomic E-state index is 12.1. The lowest BCUT2D eigenvalue weighted by molar-refractivity contribution is -0.135. The van der Waals surface area contributed by atoms with Gasteiger partial charge in [0.05, 0.1) is 0 Å². The van der Waals surface area contributed by atoms with Gasteiger partial charge in [-0.2, -0.15) is 0 Å². The number of aliphatic hydroxyl groups is 1. The molecular formula is C16H17ClO4. The Bertz CT molecular complexity index is 614. The number of hydrogen-bond acceptors (Lipinski definition) is 3. The number of aliphatic carboxylic acids is 1. The molecule has 0 aliphatic carbocycles. The number of Topliss-reactive ketones (excluding diaryl/α,β-unsaturated/α-hetero) is 1. The van der Waals surface area contributed by atoms with E-state index >= 15 is 0 Å². The number of benzene rings is 1. The number of carbonyl (C=O) groups excluding carboxylic acids is 1. The molecular weight excluding hydrogens is 292 g/mol. The molecule has 0 aliphatic rings. The van der Waals surface area contributed by atoms with E-state index in [4.69, 9.17) is 16.7 Å². The first-order valence-corrected chi connectivity index (χ1v) is 6.78. The number of carboxylic acid groups (broad SMARTS) is 1. The molecule has 0 saturated heterocycles. The molecule has 0 unspecified atom stereocenters. The van der Waals surface area contributed by atoms with Crippen molar-refractivity contribution < 1.29 is 19.8 Å². The molecule has 5 heteroatoms. The van der Waals surface area contributed by atoms with E-state index in [1.54, 1.807) is 19.9 Å².